The second-order valence-corrected chi connectivity index (χ2v) is 11.7. The van der Waals surface area contributed by atoms with Crippen LogP contribution in [0.4, 0.5) is 10.1 Å². The summed E-state index contributed by atoms with van der Waals surface area (Å²) < 4.78 is 37.8. The lowest BCUT2D eigenvalue weighted by Gasteiger charge is -2.29. The van der Waals surface area contributed by atoms with Gasteiger partial charge in [-0.25, -0.2) is 9.18 Å². The molecule has 0 amide bonds. The number of carbonyl (C=O) groups excluding carboxylic acids is 2. The fourth-order valence-corrected chi connectivity index (χ4v) is 5.44. The van der Waals surface area contributed by atoms with Crippen LogP contribution in [0.2, 0.25) is 0 Å². The molecule has 1 unspecified atom stereocenters. The van der Waals surface area contributed by atoms with Gasteiger partial charge in [-0.2, -0.15) is 0 Å². The van der Waals surface area contributed by atoms with Crippen LogP contribution in [0.15, 0.2) is 18.2 Å². The number of Topliss-reactive ketones (excluding diaryl/α,β-unsaturated/α-hetero) is 1. The summed E-state index contributed by atoms with van der Waals surface area (Å²) in [5.41, 5.74) is 1.88. The first-order valence-electron chi connectivity index (χ1n) is 14.8. The van der Waals surface area contributed by atoms with Crippen LogP contribution >= 0.6 is 12.4 Å². The molecule has 2 aromatic carbocycles. The number of rotatable bonds is 12. The van der Waals surface area contributed by atoms with Crippen LogP contribution < -0.4 is 19.1 Å². The Morgan fingerprint density at radius 2 is 1.75 bits per heavy atom. The predicted octanol–water partition coefficient (Wildman–Crippen LogP) is 4.88. The number of ketones is 1. The zero-order valence-electron chi connectivity index (χ0n) is 26.3. The Morgan fingerprint density at radius 1 is 1.05 bits per heavy atom. The Balaban J connectivity index is 0.00000529. The van der Waals surface area contributed by atoms with Crippen molar-refractivity contribution >= 4 is 35.7 Å². The third-order valence-corrected chi connectivity index (χ3v) is 7.45. The van der Waals surface area contributed by atoms with E-state index in [9.17, 15) is 14.7 Å². The lowest BCUT2D eigenvalue weighted by Crippen LogP contribution is -2.31. The number of nitrogens with zero attached hydrogens (tertiary/aromatic N) is 2. The normalized spacial score (nSPS) is 16.0. The second-order valence-electron chi connectivity index (χ2n) is 11.7. The van der Waals surface area contributed by atoms with Gasteiger partial charge in [0.2, 0.25) is 0 Å². The summed E-state index contributed by atoms with van der Waals surface area (Å²) in [6, 6.07) is 5.15. The van der Waals surface area contributed by atoms with Crippen molar-refractivity contribution < 1.29 is 38.0 Å². The van der Waals surface area contributed by atoms with Crippen molar-refractivity contribution in [3.05, 3.63) is 46.3 Å². The fourth-order valence-electron chi connectivity index (χ4n) is 5.44. The van der Waals surface area contributed by atoms with Crippen molar-refractivity contribution in [1.29, 1.82) is 5.41 Å². The minimum Gasteiger partial charge on any atom is -0.490 e. The highest BCUT2D eigenvalue weighted by Crippen LogP contribution is 2.42. The van der Waals surface area contributed by atoms with Gasteiger partial charge in [-0.15, -0.1) is 12.4 Å². The van der Waals surface area contributed by atoms with Gasteiger partial charge in [0.1, 0.15) is 11.6 Å². The number of aliphatic hydroxyl groups excluding tert-OH is 1. The minimum absolute atomic E-state index is 0. The van der Waals surface area contributed by atoms with Crippen molar-refractivity contribution in [2.75, 3.05) is 51.0 Å². The number of benzene rings is 2. The Hall–Kier alpha value is -3.57. The van der Waals surface area contributed by atoms with Crippen LogP contribution in [0.5, 0.6) is 17.2 Å². The summed E-state index contributed by atoms with van der Waals surface area (Å²) >= 11 is 0. The molecule has 2 aliphatic heterocycles. The summed E-state index contributed by atoms with van der Waals surface area (Å²) in [5, 5.41) is 19.0. The molecule has 0 radical (unpaired) electrons. The molecule has 0 bridgehead atoms. The lowest BCUT2D eigenvalue weighted by atomic mass is 9.84. The summed E-state index contributed by atoms with van der Waals surface area (Å²) in [7, 11) is 0. The number of β-amino-alcohol motifs (C(OH)–C–C–N with tert-alkyl or cyclic N) is 1. The van der Waals surface area contributed by atoms with Gasteiger partial charge in [0, 0.05) is 30.8 Å². The van der Waals surface area contributed by atoms with Crippen LogP contribution in [-0.4, -0.2) is 79.8 Å². The average Bonchev–Trinajstić information content (AvgIpc) is 3.51. The van der Waals surface area contributed by atoms with Gasteiger partial charge < -0.3 is 33.9 Å². The molecule has 2 aromatic rings. The maximum atomic E-state index is 15.6. The number of nitrogens with one attached hydrogen (secondary N) is 1. The highest BCUT2D eigenvalue weighted by Gasteiger charge is 2.34. The van der Waals surface area contributed by atoms with Crippen molar-refractivity contribution in [2.45, 2.75) is 66.0 Å². The van der Waals surface area contributed by atoms with Crippen LogP contribution in [0, 0.1) is 11.2 Å². The van der Waals surface area contributed by atoms with E-state index in [1.54, 1.807) is 39.0 Å². The molecule has 1 atom stereocenters. The van der Waals surface area contributed by atoms with Gasteiger partial charge in [-0.05, 0) is 56.4 Å². The third kappa shape index (κ3) is 7.38. The Labute approximate surface area is 264 Å². The fraction of sp³-hybridized carbons (Fsp3) is 0.531. The molecule has 10 nitrogen and oxygen atoms in total. The van der Waals surface area contributed by atoms with E-state index < -0.39 is 23.3 Å². The van der Waals surface area contributed by atoms with Crippen LogP contribution in [-0.2, 0) is 21.5 Å². The first kappa shape index (κ1) is 34.9. The zero-order valence-corrected chi connectivity index (χ0v) is 27.1. The summed E-state index contributed by atoms with van der Waals surface area (Å²) in [6.45, 7) is 12.6. The molecule has 2 heterocycles. The number of carbonyl (C=O) groups is 2. The van der Waals surface area contributed by atoms with Gasteiger partial charge in [0.15, 0.2) is 29.7 Å². The molecule has 2 aliphatic rings. The van der Waals surface area contributed by atoms with Gasteiger partial charge in [-0.1, -0.05) is 20.8 Å². The van der Waals surface area contributed by atoms with Crippen molar-refractivity contribution in [2.24, 2.45) is 0 Å². The third-order valence-electron chi connectivity index (χ3n) is 7.45. The molecule has 2 N–H and O–H groups in total. The number of esters is 1. The summed E-state index contributed by atoms with van der Waals surface area (Å²) in [5.74, 6) is -0.847. The van der Waals surface area contributed by atoms with Crippen molar-refractivity contribution in [3.63, 3.8) is 0 Å². The van der Waals surface area contributed by atoms with E-state index in [0.717, 1.165) is 0 Å². The molecule has 4 rings (SSSR count). The van der Waals surface area contributed by atoms with Gasteiger partial charge in [-0.3, -0.25) is 10.2 Å². The molecule has 1 fully saturated rings. The number of aliphatic hydroxyl groups is 1. The van der Waals surface area contributed by atoms with Crippen molar-refractivity contribution in [1.82, 2.24) is 4.90 Å². The number of halogens is 2. The van der Waals surface area contributed by atoms with E-state index in [0.29, 0.717) is 54.2 Å². The standard InChI is InChI=1S/C32H42FN3O7.ClH/c1-7-40-25-14-20-15-36(31(34)27(20)28(33)30(25)42-9-3)17-24(38)19-12-22(32(4,5)6)29(43-18-26(39)41-8-2)23(13-19)35-11-10-21(37)16-35;/h12-14,21,34,37H,7-11,15-18H2,1-6H3;1H. The molecule has 0 spiro atoms. The van der Waals surface area contributed by atoms with Gasteiger partial charge >= 0.3 is 5.97 Å². The van der Waals surface area contributed by atoms with E-state index in [-0.39, 0.29) is 74.0 Å². The zero-order chi connectivity index (χ0) is 31.5. The molecule has 44 heavy (non-hydrogen) atoms. The van der Waals surface area contributed by atoms with Crippen LogP contribution in [0.3, 0.4) is 0 Å². The smallest absolute Gasteiger partial charge is 0.344 e. The minimum atomic E-state index is -0.671. The largest absolute Gasteiger partial charge is 0.490 e. The van der Waals surface area contributed by atoms with Crippen LogP contribution in [0.1, 0.15) is 75.0 Å². The molecule has 242 valence electrons. The average molecular weight is 636 g/mol. The summed E-state index contributed by atoms with van der Waals surface area (Å²) in [4.78, 5) is 29.5. The first-order valence-corrected chi connectivity index (χ1v) is 14.8. The number of fused-ring (bicyclic) bond motifs is 1. The molecule has 12 heteroatoms. The molecule has 0 saturated carbocycles. The predicted molar refractivity (Wildman–Crippen MR) is 168 cm³/mol. The molecule has 1 saturated heterocycles. The molecule has 0 aromatic heterocycles. The topological polar surface area (TPSA) is 122 Å². The number of hydrogen-bond donors (Lipinski definition) is 2. The molecular weight excluding hydrogens is 593 g/mol. The maximum absolute atomic E-state index is 15.6. The highest BCUT2D eigenvalue weighted by molar-refractivity contribution is 6.06. The Bertz CT molecular complexity index is 1400. The molecule has 0 aliphatic carbocycles. The van der Waals surface area contributed by atoms with Gasteiger partial charge in [0.05, 0.1) is 43.7 Å². The quantitative estimate of drug-likeness (QED) is 0.248. The maximum Gasteiger partial charge on any atom is 0.344 e. The summed E-state index contributed by atoms with van der Waals surface area (Å²) in [6.07, 6.45) is 0.0275. The number of ether oxygens (including phenoxy) is 4. The number of anilines is 1. The van der Waals surface area contributed by atoms with E-state index in [2.05, 4.69) is 0 Å². The van der Waals surface area contributed by atoms with Gasteiger partial charge in [0.25, 0.3) is 0 Å². The number of hydrogen-bond acceptors (Lipinski definition) is 9. The first-order chi connectivity index (χ1) is 20.4. The van der Waals surface area contributed by atoms with Crippen molar-refractivity contribution in [3.8, 4) is 17.2 Å². The number of amidine groups is 1. The monoisotopic (exact) mass is 635 g/mol. The highest BCUT2D eigenvalue weighted by atomic mass is 35.5. The van der Waals surface area contributed by atoms with Crippen LogP contribution in [0.25, 0.3) is 0 Å². The SMILES string of the molecule is CCOC(=O)COc1c(N2CCC(O)C2)cc(C(=O)CN2Cc3cc(OCC)c(OCC)c(F)c3C2=N)cc1C(C)(C)C.Cl. The van der Waals surface area contributed by atoms with E-state index >= 15 is 4.39 Å². The van der Waals surface area contributed by atoms with E-state index in [4.69, 9.17) is 24.4 Å². The molecular formula is C32H43ClFN3O7. The Morgan fingerprint density at radius 3 is 2.34 bits per heavy atom. The Kier molecular flexibility index (Phi) is 11.5. The van der Waals surface area contributed by atoms with E-state index in [1.165, 1.54) is 4.90 Å². The second kappa shape index (κ2) is 14.5. The van der Waals surface area contributed by atoms with E-state index in [1.807, 2.05) is 25.7 Å². The lowest BCUT2D eigenvalue weighted by molar-refractivity contribution is -0.145.